The minimum Gasteiger partial charge on any atom is -0.417 e. The van der Waals surface area contributed by atoms with Crippen LogP contribution in [0, 0.1) is 0 Å². The van der Waals surface area contributed by atoms with Crippen LogP contribution in [0.25, 0.3) is 0 Å². The third-order valence-corrected chi connectivity index (χ3v) is 6.10. The Labute approximate surface area is 76.4 Å². The molecule has 72 valence electrons. The Kier molecular flexibility index (Phi) is 4.25. The summed E-state index contributed by atoms with van der Waals surface area (Å²) in [5.41, 5.74) is 0. The molecule has 12 heavy (non-hydrogen) atoms. The highest BCUT2D eigenvalue weighted by atomic mass is 28.4. The Balaban J connectivity index is 2.17. The normalized spacial score (nSPS) is 30.5. The summed E-state index contributed by atoms with van der Waals surface area (Å²) < 4.78 is 11.2. The summed E-state index contributed by atoms with van der Waals surface area (Å²) >= 11 is 0. The van der Waals surface area contributed by atoms with Crippen molar-refractivity contribution in [3.63, 3.8) is 0 Å². The maximum absolute atomic E-state index is 5.87. The highest BCUT2D eigenvalue weighted by Crippen LogP contribution is 2.24. The smallest absolute Gasteiger partial charge is 0.192 e. The van der Waals surface area contributed by atoms with Crippen LogP contribution >= 0.6 is 0 Å². The molecule has 0 spiro atoms. The van der Waals surface area contributed by atoms with Gasteiger partial charge in [0.05, 0.1) is 0 Å². The second kappa shape index (κ2) is 4.99. The molecule has 0 bridgehead atoms. The van der Waals surface area contributed by atoms with E-state index < -0.39 is 8.32 Å². The maximum Gasteiger partial charge on any atom is 0.192 e. The lowest BCUT2D eigenvalue weighted by Crippen LogP contribution is -2.38. The van der Waals surface area contributed by atoms with Crippen molar-refractivity contribution in [2.45, 2.75) is 38.4 Å². The molecule has 0 N–H and O–H groups in total. The van der Waals surface area contributed by atoms with Crippen molar-refractivity contribution in [2.75, 3.05) is 19.8 Å². The van der Waals surface area contributed by atoms with E-state index in [1.807, 2.05) is 6.92 Å². The van der Waals surface area contributed by atoms with Gasteiger partial charge in [-0.05, 0) is 32.0 Å². The summed E-state index contributed by atoms with van der Waals surface area (Å²) in [4.78, 5) is 0. The van der Waals surface area contributed by atoms with Crippen LogP contribution in [0.3, 0.4) is 0 Å². The summed E-state index contributed by atoms with van der Waals surface area (Å²) in [6.45, 7) is 7.12. The molecule has 0 saturated carbocycles. The summed E-state index contributed by atoms with van der Waals surface area (Å²) in [5.74, 6) is 0. The van der Waals surface area contributed by atoms with Gasteiger partial charge in [0, 0.05) is 19.8 Å². The molecule has 1 aliphatic rings. The summed E-state index contributed by atoms with van der Waals surface area (Å²) in [7, 11) is -1.30. The summed E-state index contributed by atoms with van der Waals surface area (Å²) in [6.07, 6.45) is 2.63. The molecule has 0 aromatic heterocycles. The lowest BCUT2D eigenvalue weighted by Gasteiger charge is -2.31. The quantitative estimate of drug-likeness (QED) is 0.498. The van der Waals surface area contributed by atoms with E-state index >= 15 is 0 Å². The first-order chi connectivity index (χ1) is 5.77. The summed E-state index contributed by atoms with van der Waals surface area (Å²) in [5, 5.41) is 0. The van der Waals surface area contributed by atoms with Gasteiger partial charge in [0.25, 0.3) is 0 Å². The maximum atomic E-state index is 5.87. The zero-order chi connectivity index (χ0) is 8.86. The van der Waals surface area contributed by atoms with Gasteiger partial charge in [-0.1, -0.05) is 6.42 Å². The monoisotopic (exact) mass is 188 g/mol. The first kappa shape index (κ1) is 10.2. The number of hydrogen-bond donors (Lipinski definition) is 0. The average molecular weight is 188 g/mol. The average Bonchev–Trinajstić information content (AvgIpc) is 2.06. The Bertz CT molecular complexity index is 122. The van der Waals surface area contributed by atoms with Crippen LogP contribution in [-0.2, 0) is 9.16 Å². The molecule has 1 rings (SSSR count). The second-order valence-electron chi connectivity index (χ2n) is 3.70. The Morgan fingerprint density at radius 1 is 1.42 bits per heavy atom. The van der Waals surface area contributed by atoms with Crippen molar-refractivity contribution < 1.29 is 9.16 Å². The Hall–Kier alpha value is 0.137. The van der Waals surface area contributed by atoms with Crippen molar-refractivity contribution >= 4 is 8.32 Å². The van der Waals surface area contributed by atoms with Crippen molar-refractivity contribution in [2.24, 2.45) is 0 Å². The van der Waals surface area contributed by atoms with Crippen LogP contribution in [-0.4, -0.2) is 28.1 Å². The van der Waals surface area contributed by atoms with E-state index in [2.05, 4.69) is 6.55 Å². The zero-order valence-electron chi connectivity index (χ0n) is 8.27. The molecule has 1 unspecified atom stereocenters. The van der Waals surface area contributed by atoms with Crippen molar-refractivity contribution in [1.29, 1.82) is 0 Å². The van der Waals surface area contributed by atoms with Crippen LogP contribution in [0.15, 0.2) is 0 Å². The van der Waals surface area contributed by atoms with Crippen LogP contribution in [0.5, 0.6) is 0 Å². The minimum atomic E-state index is -1.30. The molecule has 2 nitrogen and oxygen atoms in total. The van der Waals surface area contributed by atoms with Crippen molar-refractivity contribution in [3.05, 3.63) is 0 Å². The lowest BCUT2D eigenvalue weighted by molar-refractivity contribution is 0.154. The minimum absolute atomic E-state index is 0.838. The van der Waals surface area contributed by atoms with Gasteiger partial charge in [0.1, 0.15) is 0 Å². The molecule has 0 aromatic rings. The zero-order valence-corrected chi connectivity index (χ0v) is 9.27. The van der Waals surface area contributed by atoms with E-state index in [-0.39, 0.29) is 0 Å². The van der Waals surface area contributed by atoms with Crippen LogP contribution in [0.1, 0.15) is 19.8 Å². The molecule has 1 atom stereocenters. The van der Waals surface area contributed by atoms with Gasteiger partial charge in [-0.25, -0.2) is 0 Å². The molecule has 1 aliphatic heterocycles. The number of ether oxygens (including phenoxy) is 1. The fourth-order valence-electron chi connectivity index (χ4n) is 1.62. The molecule has 1 heterocycles. The molecule has 0 aromatic carbocycles. The van der Waals surface area contributed by atoms with Crippen LogP contribution < -0.4 is 0 Å². The highest BCUT2D eigenvalue weighted by molar-refractivity contribution is 6.72. The van der Waals surface area contributed by atoms with Gasteiger partial charge < -0.3 is 9.16 Å². The largest absolute Gasteiger partial charge is 0.417 e. The van der Waals surface area contributed by atoms with Gasteiger partial charge in [0.15, 0.2) is 8.32 Å². The predicted molar refractivity (Wildman–Crippen MR) is 52.9 cm³/mol. The van der Waals surface area contributed by atoms with Crippen LogP contribution in [0.2, 0.25) is 18.6 Å². The number of rotatable bonds is 4. The molecular formula is C9H20O2Si. The third-order valence-electron chi connectivity index (χ3n) is 2.53. The van der Waals surface area contributed by atoms with Gasteiger partial charge in [-0.2, -0.15) is 0 Å². The van der Waals surface area contributed by atoms with E-state index in [4.69, 9.17) is 9.16 Å². The Morgan fingerprint density at radius 3 is 2.83 bits per heavy atom. The SMILES string of the molecule is CCOCC[Si]1(C)CCCCO1. The third kappa shape index (κ3) is 3.25. The molecule has 1 fully saturated rings. The van der Waals surface area contributed by atoms with Crippen molar-refractivity contribution in [1.82, 2.24) is 0 Å². The fraction of sp³-hybridized carbons (Fsp3) is 1.00. The van der Waals surface area contributed by atoms with Gasteiger partial charge in [0.2, 0.25) is 0 Å². The van der Waals surface area contributed by atoms with E-state index in [1.165, 1.54) is 24.9 Å². The summed E-state index contributed by atoms with van der Waals surface area (Å²) in [6, 6.07) is 2.51. The molecule has 0 radical (unpaired) electrons. The molecule has 0 aliphatic carbocycles. The highest BCUT2D eigenvalue weighted by Gasteiger charge is 2.30. The van der Waals surface area contributed by atoms with E-state index in [1.54, 1.807) is 0 Å². The van der Waals surface area contributed by atoms with E-state index in [9.17, 15) is 0 Å². The van der Waals surface area contributed by atoms with E-state index in [0.29, 0.717) is 0 Å². The molecule has 3 heteroatoms. The van der Waals surface area contributed by atoms with Gasteiger partial charge >= 0.3 is 0 Å². The lowest BCUT2D eigenvalue weighted by atomic mass is 10.4. The predicted octanol–water partition coefficient (Wildman–Crippen LogP) is 2.41. The Morgan fingerprint density at radius 2 is 2.25 bits per heavy atom. The van der Waals surface area contributed by atoms with Gasteiger partial charge in [-0.15, -0.1) is 0 Å². The topological polar surface area (TPSA) is 18.5 Å². The molecule has 1 saturated heterocycles. The molecular weight excluding hydrogens is 168 g/mol. The first-order valence-corrected chi connectivity index (χ1v) is 7.81. The van der Waals surface area contributed by atoms with Crippen LogP contribution in [0.4, 0.5) is 0 Å². The molecule has 0 amide bonds. The first-order valence-electron chi connectivity index (χ1n) is 4.98. The van der Waals surface area contributed by atoms with Gasteiger partial charge in [-0.3, -0.25) is 0 Å². The number of hydrogen-bond acceptors (Lipinski definition) is 2. The standard InChI is InChI=1S/C9H20O2Si/c1-3-10-7-9-12(2)8-5-4-6-11-12/h3-9H2,1-2H3. The van der Waals surface area contributed by atoms with E-state index in [0.717, 1.165) is 19.8 Å². The van der Waals surface area contributed by atoms with Crippen molar-refractivity contribution in [3.8, 4) is 0 Å². The fourth-order valence-corrected chi connectivity index (χ4v) is 4.37. The second-order valence-corrected chi connectivity index (χ2v) is 7.89.